The number of hydrogen-bond donors (Lipinski definition) is 2. The Balaban J connectivity index is 1.96. The maximum atomic E-state index is 12.1. The maximum absolute atomic E-state index is 12.1. The van der Waals surface area contributed by atoms with Crippen LogP contribution in [0.4, 0.5) is 5.69 Å². The molecule has 1 fully saturated rings. The number of thioether (sulfide) groups is 1. The van der Waals surface area contributed by atoms with Crippen molar-refractivity contribution in [2.24, 2.45) is 5.73 Å². The van der Waals surface area contributed by atoms with Gasteiger partial charge in [-0.15, -0.1) is 0 Å². The topological polar surface area (TPSA) is 58.4 Å². The van der Waals surface area contributed by atoms with Crippen LogP contribution in [0.1, 0.15) is 12.0 Å². The molecule has 20 heavy (non-hydrogen) atoms. The van der Waals surface area contributed by atoms with Crippen molar-refractivity contribution in [1.29, 1.82) is 0 Å². The molecule has 0 saturated carbocycles. The minimum absolute atomic E-state index is 0.0342. The lowest BCUT2D eigenvalue weighted by molar-refractivity contribution is -0.117. The molecule has 2 rings (SSSR count). The lowest BCUT2D eigenvalue weighted by atomic mass is 10.1. The number of hydrogen-bond acceptors (Lipinski definition) is 4. The summed E-state index contributed by atoms with van der Waals surface area (Å²) in [6.45, 7) is 0.386. The van der Waals surface area contributed by atoms with Crippen molar-refractivity contribution >= 4 is 40.6 Å². The number of amides is 1. The van der Waals surface area contributed by atoms with Crippen LogP contribution in [-0.4, -0.2) is 46.9 Å². The highest BCUT2D eigenvalue weighted by Gasteiger charge is 2.21. The third kappa shape index (κ3) is 3.94. The van der Waals surface area contributed by atoms with Crippen molar-refractivity contribution in [3.63, 3.8) is 0 Å². The third-order valence-electron chi connectivity index (χ3n) is 3.39. The molecule has 4 nitrogen and oxygen atoms in total. The van der Waals surface area contributed by atoms with Gasteiger partial charge >= 0.3 is 0 Å². The van der Waals surface area contributed by atoms with E-state index in [1.165, 1.54) is 5.75 Å². The van der Waals surface area contributed by atoms with Crippen LogP contribution < -0.4 is 11.1 Å². The van der Waals surface area contributed by atoms with Crippen LogP contribution >= 0.6 is 24.0 Å². The number of nitrogens with two attached hydrogens (primary N) is 1. The molecule has 1 aromatic carbocycles. The van der Waals surface area contributed by atoms with Gasteiger partial charge < -0.3 is 11.1 Å². The summed E-state index contributed by atoms with van der Waals surface area (Å²) in [6.07, 6.45) is 1.15. The van der Waals surface area contributed by atoms with E-state index >= 15 is 0 Å². The highest BCUT2D eigenvalue weighted by molar-refractivity contribution is 7.99. The van der Waals surface area contributed by atoms with E-state index < -0.39 is 0 Å². The number of para-hydroxylation sites is 1. The first-order valence-electron chi connectivity index (χ1n) is 6.54. The zero-order valence-electron chi connectivity index (χ0n) is 11.5. The Labute approximate surface area is 129 Å². The van der Waals surface area contributed by atoms with Crippen LogP contribution in [0.2, 0.25) is 0 Å². The summed E-state index contributed by atoms with van der Waals surface area (Å²) in [7, 11) is 2.00. The number of carbonyl (C=O) groups excluding carboxylic acids is 1. The minimum Gasteiger partial charge on any atom is -0.389 e. The lowest BCUT2D eigenvalue weighted by Gasteiger charge is -2.22. The number of anilines is 1. The van der Waals surface area contributed by atoms with E-state index in [1.54, 1.807) is 0 Å². The normalized spacial score (nSPS) is 18.2. The fraction of sp³-hybridized carbons (Fsp3) is 0.429. The second-order valence-corrected chi connectivity index (χ2v) is 6.48. The molecule has 108 valence electrons. The smallest absolute Gasteiger partial charge is 0.238 e. The van der Waals surface area contributed by atoms with E-state index in [9.17, 15) is 4.79 Å². The van der Waals surface area contributed by atoms with Crippen LogP contribution in [0.15, 0.2) is 24.3 Å². The summed E-state index contributed by atoms with van der Waals surface area (Å²) >= 11 is 6.93. The van der Waals surface area contributed by atoms with Gasteiger partial charge in [0.2, 0.25) is 5.91 Å². The summed E-state index contributed by atoms with van der Waals surface area (Å²) in [5, 5.41) is 2.89. The van der Waals surface area contributed by atoms with Crippen molar-refractivity contribution in [2.45, 2.75) is 12.5 Å². The van der Waals surface area contributed by atoms with Gasteiger partial charge in [-0.25, -0.2) is 0 Å². The Kier molecular flexibility index (Phi) is 5.39. The van der Waals surface area contributed by atoms with E-state index in [0.29, 0.717) is 28.8 Å². The second-order valence-electron chi connectivity index (χ2n) is 4.89. The monoisotopic (exact) mass is 309 g/mol. The van der Waals surface area contributed by atoms with Gasteiger partial charge in [-0.05, 0) is 31.4 Å². The number of nitrogens with zero attached hydrogens (tertiary/aromatic N) is 1. The molecular formula is C14H19N3OS2. The summed E-state index contributed by atoms with van der Waals surface area (Å²) in [6, 6.07) is 7.84. The van der Waals surface area contributed by atoms with Gasteiger partial charge in [0.15, 0.2) is 0 Å². The first kappa shape index (κ1) is 15.3. The molecule has 1 aromatic rings. The van der Waals surface area contributed by atoms with Crippen LogP contribution in [0, 0.1) is 0 Å². The largest absolute Gasteiger partial charge is 0.389 e. The summed E-state index contributed by atoms with van der Waals surface area (Å²) in [5.41, 5.74) is 7.04. The summed E-state index contributed by atoms with van der Waals surface area (Å²) in [5.74, 6) is 2.25. The first-order chi connectivity index (χ1) is 9.58. The third-order valence-corrected chi connectivity index (χ3v) is 4.75. The zero-order chi connectivity index (χ0) is 14.5. The molecule has 0 spiro atoms. The Morgan fingerprint density at radius 3 is 2.95 bits per heavy atom. The molecule has 1 aliphatic heterocycles. The minimum atomic E-state index is -0.0342. The van der Waals surface area contributed by atoms with E-state index in [-0.39, 0.29) is 5.91 Å². The predicted molar refractivity (Wildman–Crippen MR) is 89.3 cm³/mol. The van der Waals surface area contributed by atoms with Gasteiger partial charge in [-0.2, -0.15) is 11.8 Å². The molecule has 0 bridgehead atoms. The van der Waals surface area contributed by atoms with Gasteiger partial charge in [0.25, 0.3) is 0 Å². The van der Waals surface area contributed by atoms with Crippen LogP contribution in [0.5, 0.6) is 0 Å². The predicted octanol–water partition coefficient (Wildman–Crippen LogP) is 1.70. The molecule has 1 unspecified atom stereocenters. The standard InChI is InChI=1S/C14H19N3OS2/c1-17(10-6-7-20-9-10)8-13(18)16-12-5-3-2-4-11(12)14(15)19/h2-5,10H,6-9H2,1H3,(H2,15,19)(H,16,18). The number of likely N-dealkylation sites (N-methyl/N-ethyl adjacent to an activating group) is 1. The van der Waals surface area contributed by atoms with E-state index in [1.807, 2.05) is 43.1 Å². The molecule has 1 atom stereocenters. The first-order valence-corrected chi connectivity index (χ1v) is 8.11. The SMILES string of the molecule is CN(CC(=O)Nc1ccccc1C(N)=S)C1CCSC1. The fourth-order valence-corrected chi connectivity index (χ4v) is 3.70. The van der Waals surface area contributed by atoms with Crippen LogP contribution in [0.3, 0.4) is 0 Å². The van der Waals surface area contributed by atoms with E-state index in [4.69, 9.17) is 18.0 Å². The van der Waals surface area contributed by atoms with E-state index in [0.717, 1.165) is 12.2 Å². The van der Waals surface area contributed by atoms with Crippen molar-refractivity contribution < 1.29 is 4.79 Å². The van der Waals surface area contributed by atoms with Crippen molar-refractivity contribution in [3.8, 4) is 0 Å². The fourth-order valence-electron chi connectivity index (χ4n) is 2.22. The van der Waals surface area contributed by atoms with Crippen molar-refractivity contribution in [1.82, 2.24) is 4.90 Å². The van der Waals surface area contributed by atoms with Gasteiger partial charge in [0.05, 0.1) is 12.2 Å². The number of thiocarbonyl (C=S) groups is 1. The highest BCUT2D eigenvalue weighted by atomic mass is 32.2. The Morgan fingerprint density at radius 1 is 1.55 bits per heavy atom. The van der Waals surface area contributed by atoms with Crippen LogP contribution in [0.25, 0.3) is 0 Å². The Hall–Kier alpha value is -1.11. The Morgan fingerprint density at radius 2 is 2.30 bits per heavy atom. The molecule has 1 amide bonds. The molecule has 6 heteroatoms. The van der Waals surface area contributed by atoms with Crippen molar-refractivity contribution in [3.05, 3.63) is 29.8 Å². The van der Waals surface area contributed by atoms with Crippen LogP contribution in [-0.2, 0) is 4.79 Å². The van der Waals surface area contributed by atoms with Crippen molar-refractivity contribution in [2.75, 3.05) is 30.4 Å². The number of carbonyl (C=O) groups is 1. The molecule has 3 N–H and O–H groups in total. The Bertz CT molecular complexity index is 501. The molecule has 1 saturated heterocycles. The number of rotatable bonds is 5. The second kappa shape index (κ2) is 7.06. The number of benzene rings is 1. The molecule has 1 heterocycles. The summed E-state index contributed by atoms with van der Waals surface area (Å²) in [4.78, 5) is 14.5. The maximum Gasteiger partial charge on any atom is 0.238 e. The van der Waals surface area contributed by atoms with Gasteiger partial charge in [-0.3, -0.25) is 9.69 Å². The molecule has 0 aliphatic carbocycles. The van der Waals surface area contributed by atoms with Gasteiger partial charge in [0, 0.05) is 17.4 Å². The van der Waals surface area contributed by atoms with Gasteiger partial charge in [-0.1, -0.05) is 24.4 Å². The quantitative estimate of drug-likeness (QED) is 0.811. The molecule has 0 radical (unpaired) electrons. The highest BCUT2D eigenvalue weighted by Crippen LogP contribution is 2.21. The zero-order valence-corrected chi connectivity index (χ0v) is 13.1. The van der Waals surface area contributed by atoms with Gasteiger partial charge in [0.1, 0.15) is 4.99 Å². The average Bonchev–Trinajstić information content (AvgIpc) is 2.92. The molecular weight excluding hydrogens is 290 g/mol. The average molecular weight is 309 g/mol. The number of nitrogens with one attached hydrogen (secondary N) is 1. The lowest BCUT2D eigenvalue weighted by Crippen LogP contribution is -2.38. The molecule has 0 aromatic heterocycles. The summed E-state index contributed by atoms with van der Waals surface area (Å²) < 4.78 is 0. The molecule has 1 aliphatic rings. The van der Waals surface area contributed by atoms with E-state index in [2.05, 4.69) is 10.2 Å².